The Morgan fingerprint density at radius 1 is 1.43 bits per heavy atom. The van der Waals surface area contributed by atoms with Gasteiger partial charge in [-0.1, -0.05) is 6.07 Å². The van der Waals surface area contributed by atoms with Gasteiger partial charge in [0.15, 0.2) is 0 Å². The fraction of sp³-hybridized carbons (Fsp3) is 0.429. The van der Waals surface area contributed by atoms with Crippen LogP contribution in [0.3, 0.4) is 0 Å². The van der Waals surface area contributed by atoms with E-state index in [9.17, 15) is 8.76 Å². The van der Waals surface area contributed by atoms with Crippen molar-refractivity contribution in [2.75, 3.05) is 12.0 Å². The van der Waals surface area contributed by atoms with Crippen LogP contribution in [0.15, 0.2) is 29.3 Å². The van der Waals surface area contributed by atoms with Crippen molar-refractivity contribution in [1.29, 1.82) is 0 Å². The maximum Gasteiger partial charge on any atom is 1.00 e. The van der Waals surface area contributed by atoms with Gasteiger partial charge in [-0.15, -0.1) is 0 Å². The van der Waals surface area contributed by atoms with E-state index in [1.165, 1.54) is 0 Å². The molecule has 0 fully saturated rings. The largest absolute Gasteiger partial charge is 1.00 e. The van der Waals surface area contributed by atoms with Crippen molar-refractivity contribution in [1.82, 2.24) is 4.57 Å². The van der Waals surface area contributed by atoms with Crippen LogP contribution in [0.5, 0.6) is 5.75 Å². The first kappa shape index (κ1) is 19.1. The van der Waals surface area contributed by atoms with E-state index in [4.69, 9.17) is 4.74 Å². The number of thioether (sulfide) groups is 1. The molecule has 0 aliphatic heterocycles. The molecule has 2 rings (SSSR count). The van der Waals surface area contributed by atoms with E-state index in [0.717, 1.165) is 17.8 Å². The van der Waals surface area contributed by atoms with Gasteiger partial charge in [-0.2, -0.15) is 11.8 Å². The molecule has 7 heteroatoms. The average molecular weight is 335 g/mol. The van der Waals surface area contributed by atoms with E-state index in [-0.39, 0.29) is 35.7 Å². The SMILES string of the molecule is CSCCn1cc(S(=O)[O-])c2c(OC(C)C)cccc21.[Na+]. The van der Waals surface area contributed by atoms with Gasteiger partial charge in [0, 0.05) is 18.5 Å². The third kappa shape index (κ3) is 4.50. The molecule has 1 aromatic heterocycles. The molecule has 0 N–H and O–H groups in total. The number of rotatable bonds is 6. The number of fused-ring (bicyclic) bond motifs is 1. The Bertz CT molecular complexity index is 628. The number of hydrogen-bond acceptors (Lipinski definition) is 4. The van der Waals surface area contributed by atoms with Crippen molar-refractivity contribution in [3.8, 4) is 5.75 Å². The fourth-order valence-electron chi connectivity index (χ4n) is 2.14. The number of ether oxygens (including phenoxy) is 1. The van der Waals surface area contributed by atoms with Crippen LogP contribution in [0.2, 0.25) is 0 Å². The van der Waals surface area contributed by atoms with E-state index >= 15 is 0 Å². The van der Waals surface area contributed by atoms with Gasteiger partial charge in [-0.05, 0) is 43.3 Å². The van der Waals surface area contributed by atoms with Gasteiger partial charge in [0.1, 0.15) is 5.75 Å². The van der Waals surface area contributed by atoms with Crippen molar-refractivity contribution in [2.45, 2.75) is 31.4 Å². The van der Waals surface area contributed by atoms with E-state index in [1.807, 2.05) is 42.9 Å². The zero-order chi connectivity index (χ0) is 14.7. The first-order valence-electron chi connectivity index (χ1n) is 6.41. The standard InChI is InChI=1S/C14H19NO3S2.Na/c1-10(2)18-12-6-4-5-11-14(12)13(20(16)17)9-15(11)7-8-19-3;/h4-6,9-10H,7-8H2,1-3H3,(H,16,17);/q;+1/p-1. The summed E-state index contributed by atoms with van der Waals surface area (Å²) in [5, 5.41) is 0.677. The van der Waals surface area contributed by atoms with Gasteiger partial charge in [0.05, 0.1) is 21.9 Å². The van der Waals surface area contributed by atoms with Crippen LogP contribution in [0.1, 0.15) is 13.8 Å². The van der Waals surface area contributed by atoms with Crippen LogP contribution >= 0.6 is 11.8 Å². The molecule has 0 amide bonds. The summed E-state index contributed by atoms with van der Waals surface area (Å²) in [6, 6.07) is 5.64. The number of nitrogens with zero attached hydrogens (tertiary/aromatic N) is 1. The Balaban J connectivity index is 0.00000220. The number of aromatic nitrogens is 1. The second-order valence-corrected chi connectivity index (χ2v) is 6.63. The summed E-state index contributed by atoms with van der Waals surface area (Å²) < 4.78 is 30.7. The van der Waals surface area contributed by atoms with Gasteiger partial charge in [-0.3, -0.25) is 4.21 Å². The molecule has 0 aliphatic carbocycles. The average Bonchev–Trinajstić information content (AvgIpc) is 2.76. The summed E-state index contributed by atoms with van der Waals surface area (Å²) in [4.78, 5) is 0.303. The number of aryl methyl sites for hydroxylation is 1. The van der Waals surface area contributed by atoms with Crippen LogP contribution in [-0.4, -0.2) is 31.4 Å². The predicted molar refractivity (Wildman–Crippen MR) is 83.3 cm³/mol. The molecule has 0 aliphatic rings. The number of hydrogen-bond donors (Lipinski definition) is 0. The molecule has 0 bridgehead atoms. The van der Waals surface area contributed by atoms with Crippen molar-refractivity contribution >= 4 is 33.7 Å². The maximum atomic E-state index is 11.5. The Hall–Kier alpha value is 0.0200. The second kappa shape index (κ2) is 8.60. The molecule has 0 spiro atoms. The van der Waals surface area contributed by atoms with Crippen molar-refractivity contribution < 1.29 is 43.1 Å². The third-order valence-corrected chi connectivity index (χ3v) is 4.17. The predicted octanol–water partition coefficient (Wildman–Crippen LogP) is 0.0335. The second-order valence-electron chi connectivity index (χ2n) is 4.73. The molecular formula is C14H18NNaO3S2. The molecule has 0 saturated heterocycles. The van der Waals surface area contributed by atoms with E-state index in [0.29, 0.717) is 16.0 Å². The molecule has 0 radical (unpaired) electrons. The monoisotopic (exact) mass is 335 g/mol. The van der Waals surface area contributed by atoms with Gasteiger partial charge < -0.3 is 13.9 Å². The van der Waals surface area contributed by atoms with E-state index < -0.39 is 11.1 Å². The molecule has 0 saturated carbocycles. The first-order valence-corrected chi connectivity index (χ1v) is 8.88. The summed E-state index contributed by atoms with van der Waals surface area (Å²) in [6.07, 6.45) is 3.73. The summed E-state index contributed by atoms with van der Waals surface area (Å²) >= 11 is -0.540. The fourth-order valence-corrected chi connectivity index (χ4v) is 3.10. The van der Waals surface area contributed by atoms with Crippen molar-refractivity contribution in [2.24, 2.45) is 0 Å². The number of benzene rings is 1. The smallest absolute Gasteiger partial charge is 0.768 e. The molecule has 1 heterocycles. The molecule has 2 aromatic rings. The van der Waals surface area contributed by atoms with E-state index in [2.05, 4.69) is 0 Å². The molecule has 1 atom stereocenters. The van der Waals surface area contributed by atoms with E-state index in [1.54, 1.807) is 18.0 Å². The normalized spacial score (nSPS) is 12.4. The van der Waals surface area contributed by atoms with Gasteiger partial charge in [0.2, 0.25) is 0 Å². The van der Waals surface area contributed by atoms with Crippen LogP contribution < -0.4 is 34.3 Å². The third-order valence-electron chi connectivity index (χ3n) is 2.91. The van der Waals surface area contributed by atoms with Crippen molar-refractivity contribution in [3.05, 3.63) is 24.4 Å². The first-order chi connectivity index (χ1) is 9.54. The van der Waals surface area contributed by atoms with Crippen LogP contribution in [0.4, 0.5) is 0 Å². The zero-order valence-electron chi connectivity index (χ0n) is 12.8. The molecular weight excluding hydrogens is 317 g/mol. The molecule has 21 heavy (non-hydrogen) atoms. The Morgan fingerprint density at radius 2 is 2.14 bits per heavy atom. The summed E-state index contributed by atoms with van der Waals surface area (Å²) in [7, 11) is 0. The molecule has 4 nitrogen and oxygen atoms in total. The van der Waals surface area contributed by atoms with Crippen LogP contribution in [-0.2, 0) is 17.6 Å². The summed E-state index contributed by atoms with van der Waals surface area (Å²) in [5.41, 5.74) is 0.899. The van der Waals surface area contributed by atoms with Crippen molar-refractivity contribution in [3.63, 3.8) is 0 Å². The summed E-state index contributed by atoms with van der Waals surface area (Å²) in [5.74, 6) is 1.56. The van der Waals surface area contributed by atoms with Gasteiger partial charge >= 0.3 is 29.6 Å². The van der Waals surface area contributed by atoms with Crippen LogP contribution in [0, 0.1) is 0 Å². The van der Waals surface area contributed by atoms with Gasteiger partial charge in [-0.25, -0.2) is 0 Å². The maximum absolute atomic E-state index is 11.5. The Kier molecular flexibility index (Phi) is 7.81. The quantitative estimate of drug-likeness (QED) is 0.552. The Labute approximate surface area is 154 Å². The minimum Gasteiger partial charge on any atom is -0.768 e. The topological polar surface area (TPSA) is 54.3 Å². The van der Waals surface area contributed by atoms with Gasteiger partial charge in [0.25, 0.3) is 0 Å². The Morgan fingerprint density at radius 3 is 2.71 bits per heavy atom. The summed E-state index contributed by atoms with van der Waals surface area (Å²) in [6.45, 7) is 4.63. The zero-order valence-corrected chi connectivity index (χ0v) is 16.4. The molecule has 1 unspecified atom stereocenters. The minimum atomic E-state index is -2.27. The minimum absolute atomic E-state index is 0. The molecule has 110 valence electrons. The van der Waals surface area contributed by atoms with Crippen LogP contribution in [0.25, 0.3) is 10.9 Å². The molecule has 1 aromatic carbocycles.